The Bertz CT molecular complexity index is 1120. The number of ketones is 1. The minimum atomic E-state index is -3.02. The Hall–Kier alpha value is -3.22. The molecule has 0 aliphatic rings. The molecular weight excluding hydrogens is 375 g/mol. The number of rotatable bonds is 5. The van der Waals surface area contributed by atoms with Gasteiger partial charge in [-0.25, -0.2) is 0 Å². The van der Waals surface area contributed by atoms with Crippen LogP contribution < -0.4 is 15.9 Å². The molecule has 0 bridgehead atoms. The topological polar surface area (TPSA) is 34.1 Å². The summed E-state index contributed by atoms with van der Waals surface area (Å²) in [5.74, 6) is -0.0363. The smallest absolute Gasteiger partial charge is 0.193 e. The predicted molar refractivity (Wildman–Crippen MR) is 120 cm³/mol. The van der Waals surface area contributed by atoms with Crippen LogP contribution in [0.1, 0.15) is 21.5 Å². The quantitative estimate of drug-likeness (QED) is 0.356. The second-order valence-corrected chi connectivity index (χ2v) is 9.79. The van der Waals surface area contributed by atoms with Crippen LogP contribution in [0.15, 0.2) is 109 Å². The van der Waals surface area contributed by atoms with Crippen molar-refractivity contribution in [3.8, 4) is 0 Å². The fourth-order valence-electron chi connectivity index (χ4n) is 3.42. The van der Waals surface area contributed by atoms with Gasteiger partial charge < -0.3 is 4.57 Å². The van der Waals surface area contributed by atoms with Crippen molar-refractivity contribution >= 4 is 28.8 Å². The molecule has 4 aromatic rings. The van der Waals surface area contributed by atoms with Crippen molar-refractivity contribution in [3.63, 3.8) is 0 Å². The molecule has 2 nitrogen and oxygen atoms in total. The molecule has 0 unspecified atom stereocenters. The Morgan fingerprint density at radius 2 is 0.931 bits per heavy atom. The van der Waals surface area contributed by atoms with Gasteiger partial charge in [0.2, 0.25) is 0 Å². The third-order valence-electron chi connectivity index (χ3n) is 5.05. The standard InChI is InChI=1S/C26H21O2P/c1-20-12-14-21(15-13-20)26(27)22-16-18-25(19-17-22)29(28,23-8-4-2-5-9-23)24-10-6-3-7-11-24/h2-19H,1H3. The van der Waals surface area contributed by atoms with Crippen molar-refractivity contribution in [1.82, 2.24) is 0 Å². The third-order valence-corrected chi connectivity index (χ3v) is 8.12. The largest absolute Gasteiger partial charge is 0.309 e. The highest BCUT2D eigenvalue weighted by Crippen LogP contribution is 2.42. The van der Waals surface area contributed by atoms with E-state index in [2.05, 4.69) is 0 Å². The van der Waals surface area contributed by atoms with Gasteiger partial charge in [-0.3, -0.25) is 4.79 Å². The lowest BCUT2D eigenvalue weighted by atomic mass is 10.0. The van der Waals surface area contributed by atoms with Gasteiger partial charge in [0.05, 0.1) is 0 Å². The van der Waals surface area contributed by atoms with Crippen molar-refractivity contribution in [2.24, 2.45) is 0 Å². The first kappa shape index (κ1) is 19.1. The lowest BCUT2D eigenvalue weighted by molar-refractivity contribution is 0.103. The average Bonchev–Trinajstić information content (AvgIpc) is 2.80. The second-order valence-electron chi connectivity index (χ2n) is 7.02. The Labute approximate surface area is 171 Å². The van der Waals surface area contributed by atoms with E-state index in [1.165, 1.54) is 0 Å². The van der Waals surface area contributed by atoms with Gasteiger partial charge in [0.25, 0.3) is 0 Å². The van der Waals surface area contributed by atoms with Crippen molar-refractivity contribution in [1.29, 1.82) is 0 Å². The first-order valence-electron chi connectivity index (χ1n) is 9.52. The van der Waals surface area contributed by atoms with E-state index in [4.69, 9.17) is 0 Å². The Morgan fingerprint density at radius 1 is 0.552 bits per heavy atom. The Kier molecular flexibility index (Phi) is 5.29. The normalized spacial score (nSPS) is 11.2. The molecule has 0 heterocycles. The van der Waals surface area contributed by atoms with Crippen LogP contribution in [0.25, 0.3) is 0 Å². The van der Waals surface area contributed by atoms with Crippen LogP contribution in [-0.2, 0) is 4.57 Å². The molecule has 0 radical (unpaired) electrons. The minimum absolute atomic E-state index is 0.0363. The molecule has 0 atom stereocenters. The molecule has 0 saturated carbocycles. The van der Waals surface area contributed by atoms with Gasteiger partial charge in [-0.15, -0.1) is 0 Å². The molecule has 3 heteroatoms. The lowest BCUT2D eigenvalue weighted by Gasteiger charge is -2.20. The van der Waals surface area contributed by atoms with Gasteiger partial charge in [-0.2, -0.15) is 0 Å². The summed E-state index contributed by atoms with van der Waals surface area (Å²) >= 11 is 0. The predicted octanol–water partition coefficient (Wildman–Crippen LogP) is 4.87. The summed E-state index contributed by atoms with van der Waals surface area (Å²) in [6.07, 6.45) is 0. The number of hydrogen-bond acceptors (Lipinski definition) is 2. The molecule has 142 valence electrons. The molecule has 4 rings (SSSR count). The summed E-state index contributed by atoms with van der Waals surface area (Å²) in [5, 5.41) is 2.28. The van der Waals surface area contributed by atoms with Gasteiger partial charge in [-0.05, 0) is 6.92 Å². The molecule has 0 fully saturated rings. The van der Waals surface area contributed by atoms with Gasteiger partial charge in [-0.1, -0.05) is 115 Å². The lowest BCUT2D eigenvalue weighted by Crippen LogP contribution is -2.25. The summed E-state index contributed by atoms with van der Waals surface area (Å²) < 4.78 is 14.3. The van der Waals surface area contributed by atoms with Crippen LogP contribution in [0.3, 0.4) is 0 Å². The molecule has 0 N–H and O–H groups in total. The van der Waals surface area contributed by atoms with Crippen molar-refractivity contribution in [2.45, 2.75) is 6.92 Å². The molecular formula is C26H21O2P. The minimum Gasteiger partial charge on any atom is -0.309 e. The highest BCUT2D eigenvalue weighted by atomic mass is 31.2. The highest BCUT2D eigenvalue weighted by Gasteiger charge is 2.29. The third kappa shape index (κ3) is 3.72. The fourth-order valence-corrected chi connectivity index (χ4v) is 6.06. The van der Waals surface area contributed by atoms with Crippen LogP contribution in [0, 0.1) is 6.92 Å². The summed E-state index contributed by atoms with van der Waals surface area (Å²) in [5.41, 5.74) is 2.35. The van der Waals surface area contributed by atoms with Gasteiger partial charge in [0, 0.05) is 27.0 Å². The summed E-state index contributed by atoms with van der Waals surface area (Å²) in [6, 6.07) is 33.8. The molecule has 0 amide bonds. The SMILES string of the molecule is Cc1ccc(C(=O)c2ccc(P(=O)(c3ccccc3)c3ccccc3)cc2)cc1. The maximum absolute atomic E-state index is 14.3. The molecule has 0 aromatic heterocycles. The molecule has 0 saturated heterocycles. The van der Waals surface area contributed by atoms with E-state index in [0.29, 0.717) is 11.1 Å². The van der Waals surface area contributed by atoms with Crippen LogP contribution in [0.4, 0.5) is 0 Å². The van der Waals surface area contributed by atoms with Gasteiger partial charge in [0.15, 0.2) is 12.9 Å². The summed E-state index contributed by atoms with van der Waals surface area (Å²) in [7, 11) is -3.02. The fraction of sp³-hybridized carbons (Fsp3) is 0.0385. The molecule has 0 aliphatic carbocycles. The number of hydrogen-bond donors (Lipinski definition) is 0. The van der Waals surface area contributed by atoms with E-state index in [1.807, 2.05) is 104 Å². The molecule has 0 aliphatic heterocycles. The maximum atomic E-state index is 14.3. The average molecular weight is 396 g/mol. The van der Waals surface area contributed by atoms with Crippen LogP contribution in [0.5, 0.6) is 0 Å². The zero-order valence-electron chi connectivity index (χ0n) is 16.2. The maximum Gasteiger partial charge on any atom is 0.193 e. The van der Waals surface area contributed by atoms with Crippen molar-refractivity contribution in [2.75, 3.05) is 0 Å². The zero-order valence-corrected chi connectivity index (χ0v) is 17.1. The van der Waals surface area contributed by atoms with Crippen molar-refractivity contribution in [3.05, 3.63) is 126 Å². The van der Waals surface area contributed by atoms with E-state index in [9.17, 15) is 9.36 Å². The first-order chi connectivity index (χ1) is 14.1. The Morgan fingerprint density at radius 3 is 1.38 bits per heavy atom. The van der Waals surface area contributed by atoms with Crippen LogP contribution in [-0.4, -0.2) is 5.78 Å². The number of carbonyl (C=O) groups is 1. The highest BCUT2D eigenvalue weighted by molar-refractivity contribution is 7.85. The molecule has 4 aromatic carbocycles. The van der Waals surface area contributed by atoms with E-state index in [1.54, 1.807) is 12.1 Å². The summed E-state index contributed by atoms with van der Waals surface area (Å²) in [6.45, 7) is 1.99. The van der Waals surface area contributed by atoms with Crippen molar-refractivity contribution < 1.29 is 9.36 Å². The number of aryl methyl sites for hydroxylation is 1. The van der Waals surface area contributed by atoms with E-state index in [0.717, 1.165) is 21.5 Å². The molecule has 29 heavy (non-hydrogen) atoms. The van der Waals surface area contributed by atoms with Gasteiger partial charge >= 0.3 is 0 Å². The monoisotopic (exact) mass is 396 g/mol. The van der Waals surface area contributed by atoms with E-state index in [-0.39, 0.29) is 5.78 Å². The molecule has 0 spiro atoms. The first-order valence-corrected chi connectivity index (χ1v) is 11.2. The van der Waals surface area contributed by atoms with E-state index < -0.39 is 7.14 Å². The second kappa shape index (κ2) is 8.03. The zero-order chi connectivity index (χ0) is 20.3. The Balaban J connectivity index is 1.76. The van der Waals surface area contributed by atoms with Crippen LogP contribution >= 0.6 is 7.14 Å². The summed E-state index contributed by atoms with van der Waals surface area (Å²) in [4.78, 5) is 12.8. The van der Waals surface area contributed by atoms with E-state index >= 15 is 0 Å². The number of carbonyl (C=O) groups excluding carboxylic acids is 1. The van der Waals surface area contributed by atoms with Gasteiger partial charge in [0.1, 0.15) is 0 Å². The number of benzene rings is 4. The van der Waals surface area contributed by atoms with Crippen LogP contribution in [0.2, 0.25) is 0 Å².